The zero-order valence-corrected chi connectivity index (χ0v) is 11.1. The van der Waals surface area contributed by atoms with Crippen LogP contribution in [0.3, 0.4) is 0 Å². The zero-order valence-electron chi connectivity index (χ0n) is 10.4. The van der Waals surface area contributed by atoms with E-state index in [0.717, 1.165) is 0 Å². The number of halogens is 1. The van der Waals surface area contributed by atoms with Crippen molar-refractivity contribution in [2.75, 3.05) is 7.05 Å². The Hall–Kier alpha value is -2.07. The van der Waals surface area contributed by atoms with Gasteiger partial charge in [0, 0.05) is 30.4 Å². The van der Waals surface area contributed by atoms with Gasteiger partial charge in [0.15, 0.2) is 0 Å². The van der Waals surface area contributed by atoms with E-state index in [1.165, 1.54) is 17.2 Å². The summed E-state index contributed by atoms with van der Waals surface area (Å²) in [5.41, 5.74) is 0.964. The minimum Gasteiger partial charge on any atom is -0.508 e. The molecule has 0 aliphatic heterocycles. The summed E-state index contributed by atoms with van der Waals surface area (Å²) in [6, 6.07) is 10.0. The van der Waals surface area contributed by atoms with Gasteiger partial charge >= 0.3 is 0 Å². The molecule has 1 heterocycles. The molecule has 1 N–H and O–H groups in total. The lowest BCUT2D eigenvalue weighted by Gasteiger charge is -2.17. The number of amides is 1. The number of hydrogen-bond donors (Lipinski definition) is 1. The number of benzene rings is 1. The fourth-order valence-corrected chi connectivity index (χ4v) is 1.85. The molecule has 0 aliphatic rings. The van der Waals surface area contributed by atoms with Crippen molar-refractivity contribution in [3.05, 3.63) is 58.9 Å². The molecule has 1 amide bonds. The SMILES string of the molecule is CN(Cc1ccccc1O)C(=O)c1cc(Cl)ccn1. The summed E-state index contributed by atoms with van der Waals surface area (Å²) in [4.78, 5) is 17.6. The van der Waals surface area contributed by atoms with Crippen LogP contribution in [-0.4, -0.2) is 27.9 Å². The van der Waals surface area contributed by atoms with Crippen LogP contribution >= 0.6 is 11.6 Å². The second-order valence-electron chi connectivity index (χ2n) is 4.15. The minimum atomic E-state index is -0.245. The smallest absolute Gasteiger partial charge is 0.272 e. The standard InChI is InChI=1S/C14H13ClN2O2/c1-17(9-10-4-2-3-5-13(10)18)14(19)12-8-11(15)6-7-16-12/h2-8,18H,9H2,1H3. The molecule has 0 radical (unpaired) electrons. The summed E-state index contributed by atoms with van der Waals surface area (Å²) in [5.74, 6) is -0.0769. The average molecular weight is 277 g/mol. The molecule has 0 atom stereocenters. The number of rotatable bonds is 3. The molecule has 0 saturated heterocycles. The van der Waals surface area contributed by atoms with E-state index < -0.39 is 0 Å². The molecule has 19 heavy (non-hydrogen) atoms. The van der Waals surface area contributed by atoms with Gasteiger partial charge in [-0.25, -0.2) is 0 Å². The first-order valence-corrected chi connectivity index (χ1v) is 6.09. The number of pyridine rings is 1. The van der Waals surface area contributed by atoms with Crippen LogP contribution in [0.25, 0.3) is 0 Å². The van der Waals surface area contributed by atoms with E-state index >= 15 is 0 Å². The first kappa shape index (κ1) is 13.4. The fraction of sp³-hybridized carbons (Fsp3) is 0.143. The van der Waals surface area contributed by atoms with E-state index in [4.69, 9.17) is 11.6 Å². The van der Waals surface area contributed by atoms with Gasteiger partial charge in [-0.2, -0.15) is 0 Å². The Morgan fingerprint density at radius 3 is 2.79 bits per heavy atom. The van der Waals surface area contributed by atoms with E-state index in [1.54, 1.807) is 31.3 Å². The summed E-state index contributed by atoms with van der Waals surface area (Å²) in [7, 11) is 1.65. The molecular formula is C14H13ClN2O2. The van der Waals surface area contributed by atoms with Crippen LogP contribution in [0.5, 0.6) is 5.75 Å². The van der Waals surface area contributed by atoms with E-state index in [-0.39, 0.29) is 17.4 Å². The Morgan fingerprint density at radius 2 is 2.11 bits per heavy atom. The van der Waals surface area contributed by atoms with E-state index in [0.29, 0.717) is 17.1 Å². The highest BCUT2D eigenvalue weighted by atomic mass is 35.5. The number of carbonyl (C=O) groups excluding carboxylic acids is 1. The maximum absolute atomic E-state index is 12.1. The molecule has 0 unspecified atom stereocenters. The first-order valence-electron chi connectivity index (χ1n) is 5.72. The molecule has 0 fully saturated rings. The van der Waals surface area contributed by atoms with Crippen molar-refractivity contribution in [3.63, 3.8) is 0 Å². The van der Waals surface area contributed by atoms with Gasteiger partial charge in [0.1, 0.15) is 11.4 Å². The normalized spacial score (nSPS) is 10.2. The molecular weight excluding hydrogens is 264 g/mol. The van der Waals surface area contributed by atoms with Gasteiger partial charge < -0.3 is 10.0 Å². The van der Waals surface area contributed by atoms with Crippen LogP contribution in [0.1, 0.15) is 16.1 Å². The van der Waals surface area contributed by atoms with Gasteiger partial charge in [-0.05, 0) is 18.2 Å². The molecule has 2 aromatic rings. The summed E-state index contributed by atoms with van der Waals surface area (Å²) >= 11 is 5.83. The van der Waals surface area contributed by atoms with Gasteiger partial charge in [0.2, 0.25) is 0 Å². The summed E-state index contributed by atoms with van der Waals surface area (Å²) in [6.07, 6.45) is 1.49. The second kappa shape index (κ2) is 5.71. The monoisotopic (exact) mass is 276 g/mol. The topological polar surface area (TPSA) is 53.4 Å². The third-order valence-corrected chi connectivity index (χ3v) is 2.92. The third kappa shape index (κ3) is 3.23. The number of nitrogens with zero attached hydrogens (tertiary/aromatic N) is 2. The third-order valence-electron chi connectivity index (χ3n) is 2.69. The number of hydrogen-bond acceptors (Lipinski definition) is 3. The maximum atomic E-state index is 12.1. The van der Waals surface area contributed by atoms with Crippen molar-refractivity contribution in [1.82, 2.24) is 9.88 Å². The van der Waals surface area contributed by atoms with Gasteiger partial charge in [-0.1, -0.05) is 29.8 Å². The lowest BCUT2D eigenvalue weighted by Crippen LogP contribution is -2.27. The molecule has 1 aromatic carbocycles. The predicted octanol–water partition coefficient (Wildman–Crippen LogP) is 2.71. The van der Waals surface area contributed by atoms with Crippen LogP contribution < -0.4 is 0 Å². The molecule has 5 heteroatoms. The van der Waals surface area contributed by atoms with Crippen molar-refractivity contribution in [3.8, 4) is 5.75 Å². The van der Waals surface area contributed by atoms with E-state index in [2.05, 4.69) is 4.98 Å². The highest BCUT2D eigenvalue weighted by Crippen LogP contribution is 2.18. The predicted molar refractivity (Wildman–Crippen MR) is 73.2 cm³/mol. The van der Waals surface area contributed by atoms with Crippen molar-refractivity contribution in [2.45, 2.75) is 6.54 Å². The van der Waals surface area contributed by atoms with Crippen LogP contribution in [0.4, 0.5) is 0 Å². The highest BCUT2D eigenvalue weighted by molar-refractivity contribution is 6.30. The number of carbonyl (C=O) groups is 1. The van der Waals surface area contributed by atoms with E-state index in [9.17, 15) is 9.90 Å². The molecule has 1 aromatic heterocycles. The molecule has 98 valence electrons. The summed E-state index contributed by atoms with van der Waals surface area (Å²) in [6.45, 7) is 0.305. The van der Waals surface area contributed by atoms with Crippen LogP contribution in [-0.2, 0) is 6.54 Å². The van der Waals surface area contributed by atoms with Crippen molar-refractivity contribution in [2.24, 2.45) is 0 Å². The minimum absolute atomic E-state index is 0.168. The Labute approximate surface area is 116 Å². The Morgan fingerprint density at radius 1 is 1.37 bits per heavy atom. The van der Waals surface area contributed by atoms with Crippen molar-refractivity contribution < 1.29 is 9.90 Å². The Kier molecular flexibility index (Phi) is 4.02. The molecule has 0 bridgehead atoms. The number of phenols is 1. The first-order chi connectivity index (χ1) is 9.08. The molecule has 4 nitrogen and oxygen atoms in total. The number of phenolic OH excluding ortho intramolecular Hbond substituents is 1. The van der Waals surface area contributed by atoms with Crippen LogP contribution in [0, 0.1) is 0 Å². The molecule has 0 spiro atoms. The molecule has 0 aliphatic carbocycles. The van der Waals surface area contributed by atoms with Crippen molar-refractivity contribution in [1.29, 1.82) is 0 Å². The Balaban J connectivity index is 2.14. The van der Waals surface area contributed by atoms with Crippen LogP contribution in [0.15, 0.2) is 42.6 Å². The highest BCUT2D eigenvalue weighted by Gasteiger charge is 2.14. The largest absolute Gasteiger partial charge is 0.508 e. The maximum Gasteiger partial charge on any atom is 0.272 e. The second-order valence-corrected chi connectivity index (χ2v) is 4.59. The van der Waals surface area contributed by atoms with Crippen LogP contribution in [0.2, 0.25) is 5.02 Å². The van der Waals surface area contributed by atoms with Gasteiger partial charge in [0.05, 0.1) is 0 Å². The van der Waals surface area contributed by atoms with Crippen molar-refractivity contribution >= 4 is 17.5 Å². The quantitative estimate of drug-likeness (QED) is 0.938. The van der Waals surface area contributed by atoms with Gasteiger partial charge in [0.25, 0.3) is 5.91 Å². The Bertz CT molecular complexity index is 602. The lowest BCUT2D eigenvalue weighted by molar-refractivity contribution is 0.0778. The molecule has 2 rings (SSSR count). The van der Waals surface area contributed by atoms with Gasteiger partial charge in [-0.15, -0.1) is 0 Å². The number of aromatic nitrogens is 1. The van der Waals surface area contributed by atoms with E-state index in [1.807, 2.05) is 6.07 Å². The molecule has 0 saturated carbocycles. The summed E-state index contributed by atoms with van der Waals surface area (Å²) < 4.78 is 0. The van der Waals surface area contributed by atoms with Gasteiger partial charge in [-0.3, -0.25) is 9.78 Å². The zero-order chi connectivity index (χ0) is 13.8. The number of aromatic hydroxyl groups is 1. The average Bonchev–Trinajstić information content (AvgIpc) is 2.40. The summed E-state index contributed by atoms with van der Waals surface area (Å²) in [5, 5.41) is 10.1. The number of para-hydroxylation sites is 1. The fourth-order valence-electron chi connectivity index (χ4n) is 1.69. The lowest BCUT2D eigenvalue weighted by atomic mass is 10.2.